The van der Waals surface area contributed by atoms with Crippen LogP contribution < -0.4 is 14.8 Å². The minimum absolute atomic E-state index is 0.134. The maximum absolute atomic E-state index is 6.03. The van der Waals surface area contributed by atoms with Crippen molar-refractivity contribution in [3.8, 4) is 11.5 Å². The van der Waals surface area contributed by atoms with Gasteiger partial charge in [-0.2, -0.15) is 4.98 Å². The van der Waals surface area contributed by atoms with E-state index in [4.69, 9.17) is 32.7 Å². The van der Waals surface area contributed by atoms with Crippen LogP contribution >= 0.6 is 23.2 Å². The van der Waals surface area contributed by atoms with Gasteiger partial charge >= 0.3 is 0 Å². The Morgan fingerprint density at radius 3 is 2.39 bits per heavy atom. The predicted octanol–water partition coefficient (Wildman–Crippen LogP) is 4.70. The Morgan fingerprint density at radius 2 is 1.70 bits per heavy atom. The quantitative estimate of drug-likeness (QED) is 0.692. The van der Waals surface area contributed by atoms with E-state index in [1.165, 1.54) is 0 Å². The lowest BCUT2D eigenvalue weighted by Gasteiger charge is -2.12. The van der Waals surface area contributed by atoms with Gasteiger partial charge in [-0.1, -0.05) is 17.7 Å². The number of halogens is 2. The van der Waals surface area contributed by atoms with E-state index in [1.807, 2.05) is 12.1 Å². The van der Waals surface area contributed by atoms with E-state index >= 15 is 0 Å². The Labute approximate surface area is 143 Å². The van der Waals surface area contributed by atoms with Crippen LogP contribution in [0.4, 0.5) is 11.5 Å². The summed E-state index contributed by atoms with van der Waals surface area (Å²) in [7, 11) is 3.14. The molecule has 1 N–H and O–H groups in total. The molecule has 0 unspecified atom stereocenters. The van der Waals surface area contributed by atoms with E-state index in [0.717, 1.165) is 11.1 Å². The Kier molecular flexibility index (Phi) is 4.41. The third-order valence-corrected chi connectivity index (χ3v) is 3.67. The molecule has 5 nitrogen and oxygen atoms in total. The topological polar surface area (TPSA) is 56.3 Å². The molecule has 2 aromatic carbocycles. The zero-order chi connectivity index (χ0) is 16.4. The summed E-state index contributed by atoms with van der Waals surface area (Å²) < 4.78 is 10.6. The summed E-state index contributed by atoms with van der Waals surface area (Å²) in [5.74, 6) is 1.71. The van der Waals surface area contributed by atoms with E-state index in [-0.39, 0.29) is 5.28 Å². The number of methoxy groups -OCH3 is 2. The van der Waals surface area contributed by atoms with Gasteiger partial charge in [-0.15, -0.1) is 0 Å². The van der Waals surface area contributed by atoms with Crippen LogP contribution in [0.25, 0.3) is 10.9 Å². The van der Waals surface area contributed by atoms with Gasteiger partial charge in [0.2, 0.25) is 5.28 Å². The number of ether oxygens (including phenoxy) is 2. The molecule has 3 rings (SSSR count). The average Bonchev–Trinajstić information content (AvgIpc) is 2.53. The molecule has 0 saturated carbocycles. The van der Waals surface area contributed by atoms with E-state index in [2.05, 4.69) is 15.3 Å². The van der Waals surface area contributed by atoms with E-state index in [1.54, 1.807) is 38.5 Å². The van der Waals surface area contributed by atoms with Crippen molar-refractivity contribution in [2.45, 2.75) is 0 Å². The second-order valence-electron chi connectivity index (χ2n) is 4.70. The average molecular weight is 350 g/mol. The smallest absolute Gasteiger partial charge is 0.224 e. The SMILES string of the molecule is COc1cc2nc(Cl)nc(Nc3cccc(Cl)c3)c2cc1OC. The first kappa shape index (κ1) is 15.6. The van der Waals surface area contributed by atoms with Gasteiger partial charge in [0, 0.05) is 22.2 Å². The number of hydrogen-bond acceptors (Lipinski definition) is 5. The van der Waals surface area contributed by atoms with Crippen molar-refractivity contribution in [1.29, 1.82) is 0 Å². The van der Waals surface area contributed by atoms with Crippen LogP contribution in [0.1, 0.15) is 0 Å². The molecule has 0 aliphatic heterocycles. The zero-order valence-electron chi connectivity index (χ0n) is 12.4. The fourth-order valence-corrected chi connectivity index (χ4v) is 2.59. The summed E-state index contributed by atoms with van der Waals surface area (Å²) in [6.45, 7) is 0. The molecule has 1 heterocycles. The van der Waals surface area contributed by atoms with Crippen molar-refractivity contribution in [2.24, 2.45) is 0 Å². The molecule has 0 saturated heterocycles. The molecule has 0 spiro atoms. The predicted molar refractivity (Wildman–Crippen MR) is 92.4 cm³/mol. The van der Waals surface area contributed by atoms with Crippen molar-refractivity contribution >= 4 is 45.6 Å². The third kappa shape index (κ3) is 3.25. The maximum Gasteiger partial charge on any atom is 0.224 e. The summed E-state index contributed by atoms with van der Waals surface area (Å²) in [4.78, 5) is 8.49. The van der Waals surface area contributed by atoms with Gasteiger partial charge in [-0.25, -0.2) is 4.98 Å². The fourth-order valence-electron chi connectivity index (χ4n) is 2.23. The summed E-state index contributed by atoms with van der Waals surface area (Å²) >= 11 is 12.0. The highest BCUT2D eigenvalue weighted by Gasteiger charge is 2.13. The van der Waals surface area contributed by atoms with Crippen molar-refractivity contribution in [3.63, 3.8) is 0 Å². The zero-order valence-corrected chi connectivity index (χ0v) is 13.9. The normalized spacial score (nSPS) is 10.6. The Bertz CT molecular complexity index is 871. The number of nitrogens with zero attached hydrogens (tertiary/aromatic N) is 2. The number of benzene rings is 2. The second-order valence-corrected chi connectivity index (χ2v) is 5.48. The van der Waals surface area contributed by atoms with Crippen LogP contribution in [0.15, 0.2) is 36.4 Å². The number of anilines is 2. The first-order valence-electron chi connectivity index (χ1n) is 6.72. The van der Waals surface area contributed by atoms with Crippen molar-refractivity contribution in [3.05, 3.63) is 46.7 Å². The van der Waals surface area contributed by atoms with Crippen LogP contribution in [0, 0.1) is 0 Å². The molecule has 23 heavy (non-hydrogen) atoms. The third-order valence-electron chi connectivity index (χ3n) is 3.26. The Balaban J connectivity index is 2.15. The Morgan fingerprint density at radius 1 is 0.957 bits per heavy atom. The Hall–Kier alpha value is -2.24. The molecule has 0 aliphatic carbocycles. The summed E-state index contributed by atoms with van der Waals surface area (Å²) in [5.41, 5.74) is 1.44. The monoisotopic (exact) mass is 349 g/mol. The molecule has 7 heteroatoms. The molecular formula is C16H13Cl2N3O2. The lowest BCUT2D eigenvalue weighted by Crippen LogP contribution is -1.99. The second kappa shape index (κ2) is 6.48. The van der Waals surface area contributed by atoms with Crippen LogP contribution in [0.3, 0.4) is 0 Å². The number of aromatic nitrogens is 2. The maximum atomic E-state index is 6.03. The van der Waals surface area contributed by atoms with Gasteiger partial charge in [-0.3, -0.25) is 0 Å². The fraction of sp³-hybridized carbons (Fsp3) is 0.125. The summed E-state index contributed by atoms with van der Waals surface area (Å²) in [5, 5.41) is 4.71. The number of rotatable bonds is 4. The van der Waals surface area contributed by atoms with E-state index < -0.39 is 0 Å². The molecule has 118 valence electrons. The lowest BCUT2D eigenvalue weighted by atomic mass is 10.2. The largest absolute Gasteiger partial charge is 0.493 e. The van der Waals surface area contributed by atoms with Crippen LogP contribution in [-0.2, 0) is 0 Å². The molecule has 0 aliphatic rings. The molecule has 0 atom stereocenters. The van der Waals surface area contributed by atoms with Gasteiger partial charge in [0.1, 0.15) is 5.82 Å². The molecule has 0 amide bonds. The number of hydrogen-bond donors (Lipinski definition) is 1. The van der Waals surface area contributed by atoms with Crippen molar-refractivity contribution in [2.75, 3.05) is 19.5 Å². The highest BCUT2D eigenvalue weighted by atomic mass is 35.5. The highest BCUT2D eigenvalue weighted by Crippen LogP contribution is 2.35. The van der Waals surface area contributed by atoms with E-state index in [0.29, 0.717) is 27.9 Å². The molecule has 0 radical (unpaired) electrons. The van der Waals surface area contributed by atoms with Gasteiger partial charge in [-0.05, 0) is 35.9 Å². The molecule has 0 bridgehead atoms. The lowest BCUT2D eigenvalue weighted by molar-refractivity contribution is 0.356. The molecular weight excluding hydrogens is 337 g/mol. The van der Waals surface area contributed by atoms with Gasteiger partial charge in [0.25, 0.3) is 0 Å². The minimum atomic E-state index is 0.134. The standard InChI is InChI=1S/C16H13Cl2N3O2/c1-22-13-7-11-12(8-14(13)23-2)20-16(18)21-15(11)19-10-5-3-4-9(17)6-10/h3-8H,1-2H3,(H,19,20,21). The summed E-state index contributed by atoms with van der Waals surface area (Å²) in [6, 6.07) is 10.9. The molecule has 1 aromatic heterocycles. The first-order valence-corrected chi connectivity index (χ1v) is 7.48. The van der Waals surface area contributed by atoms with Gasteiger partial charge in [0.15, 0.2) is 11.5 Å². The minimum Gasteiger partial charge on any atom is -0.493 e. The van der Waals surface area contributed by atoms with Gasteiger partial charge in [0.05, 0.1) is 19.7 Å². The highest BCUT2D eigenvalue weighted by molar-refractivity contribution is 6.31. The van der Waals surface area contributed by atoms with Gasteiger partial charge < -0.3 is 14.8 Å². The van der Waals surface area contributed by atoms with Crippen LogP contribution in [0.2, 0.25) is 10.3 Å². The van der Waals surface area contributed by atoms with Crippen molar-refractivity contribution in [1.82, 2.24) is 9.97 Å². The summed E-state index contributed by atoms with van der Waals surface area (Å²) in [6.07, 6.45) is 0. The molecule has 0 fully saturated rings. The van der Waals surface area contributed by atoms with Crippen LogP contribution in [-0.4, -0.2) is 24.2 Å². The first-order chi connectivity index (χ1) is 11.1. The van der Waals surface area contributed by atoms with Crippen molar-refractivity contribution < 1.29 is 9.47 Å². The van der Waals surface area contributed by atoms with Crippen LogP contribution in [0.5, 0.6) is 11.5 Å². The molecule has 3 aromatic rings. The number of nitrogens with one attached hydrogen (secondary N) is 1. The van der Waals surface area contributed by atoms with E-state index in [9.17, 15) is 0 Å². The number of fused-ring (bicyclic) bond motifs is 1.